The fourth-order valence-corrected chi connectivity index (χ4v) is 0.772. The molecule has 15 heavy (non-hydrogen) atoms. The van der Waals surface area contributed by atoms with Gasteiger partial charge in [0.05, 0.1) is 0 Å². The van der Waals surface area contributed by atoms with Crippen LogP contribution in [0.3, 0.4) is 0 Å². The molecule has 0 aliphatic rings. The molecule has 6 nitrogen and oxygen atoms in total. The molecule has 0 amide bonds. The van der Waals surface area contributed by atoms with Crippen molar-refractivity contribution >= 4 is 19.2 Å². The first-order valence-corrected chi connectivity index (χ1v) is 5.58. The van der Waals surface area contributed by atoms with Gasteiger partial charge in [-0.2, -0.15) is 0 Å². The highest BCUT2D eigenvalue weighted by atomic mass is 31.2. The van der Waals surface area contributed by atoms with Crippen LogP contribution < -0.4 is 10.6 Å². The van der Waals surface area contributed by atoms with Crippen LogP contribution in [0.4, 0.5) is 11.4 Å². The molecule has 0 bridgehead atoms. The number of hydrogen-bond donors (Lipinski definition) is 4. The Morgan fingerprint density at radius 2 is 1.47 bits per heavy atom. The average Bonchev–Trinajstić information content (AvgIpc) is 2.01. The second-order valence-corrected chi connectivity index (χ2v) is 4.03. The van der Waals surface area contributed by atoms with E-state index in [9.17, 15) is 0 Å². The van der Waals surface area contributed by atoms with E-state index in [0.29, 0.717) is 0 Å². The third-order valence-electron chi connectivity index (χ3n) is 1.41. The van der Waals surface area contributed by atoms with Crippen molar-refractivity contribution in [2.45, 2.75) is 0 Å². The van der Waals surface area contributed by atoms with E-state index in [1.165, 1.54) is 5.69 Å². The van der Waals surface area contributed by atoms with Gasteiger partial charge in [0, 0.05) is 25.5 Å². The fraction of sp³-hybridized carbons (Fsp3) is 0.250. The molecule has 0 atom stereocenters. The number of anilines is 2. The Morgan fingerprint density at radius 1 is 1.13 bits per heavy atom. The number of benzene rings is 1. The highest BCUT2D eigenvalue weighted by Crippen LogP contribution is 2.25. The number of phosphoric acid groups is 1. The molecule has 0 fully saturated rings. The number of nitrogens with zero attached hydrogens (tertiary/aromatic N) is 1. The maximum Gasteiger partial charge on any atom is 0.466 e. The van der Waals surface area contributed by atoms with Crippen molar-refractivity contribution < 1.29 is 19.2 Å². The molecule has 0 saturated heterocycles. The number of hydrogen-bond acceptors (Lipinski definition) is 3. The quantitative estimate of drug-likeness (QED) is 0.414. The third-order valence-corrected chi connectivity index (χ3v) is 1.41. The lowest BCUT2D eigenvalue weighted by Crippen LogP contribution is -2.08. The Morgan fingerprint density at radius 3 is 1.73 bits per heavy atom. The number of rotatable bonds is 1. The fourth-order valence-electron chi connectivity index (χ4n) is 0.772. The summed E-state index contributed by atoms with van der Waals surface area (Å²) in [6.45, 7) is 0. The molecular formula is C8H15N2O4P. The van der Waals surface area contributed by atoms with Crippen molar-refractivity contribution in [3.05, 3.63) is 24.3 Å². The van der Waals surface area contributed by atoms with E-state index < -0.39 is 7.82 Å². The van der Waals surface area contributed by atoms with Crippen molar-refractivity contribution in [1.82, 2.24) is 0 Å². The second-order valence-electron chi connectivity index (χ2n) is 3.00. The van der Waals surface area contributed by atoms with Crippen LogP contribution in [0.5, 0.6) is 0 Å². The Balaban J connectivity index is 0.000000336. The largest absolute Gasteiger partial charge is 0.466 e. The van der Waals surface area contributed by atoms with Gasteiger partial charge in [-0.3, -0.25) is 0 Å². The van der Waals surface area contributed by atoms with E-state index in [2.05, 4.69) is 0 Å². The van der Waals surface area contributed by atoms with E-state index >= 15 is 0 Å². The van der Waals surface area contributed by atoms with Crippen molar-refractivity contribution in [1.29, 1.82) is 0 Å². The molecule has 0 spiro atoms. The van der Waals surface area contributed by atoms with Gasteiger partial charge in [0.25, 0.3) is 0 Å². The van der Waals surface area contributed by atoms with Crippen LogP contribution in [-0.2, 0) is 4.57 Å². The lowest BCUT2D eigenvalue weighted by molar-refractivity contribution is 0.275. The molecule has 1 rings (SSSR count). The van der Waals surface area contributed by atoms with E-state index in [1.807, 2.05) is 43.3 Å². The predicted molar refractivity (Wildman–Crippen MR) is 59.4 cm³/mol. The highest BCUT2D eigenvalue weighted by Gasteiger charge is 2.00. The zero-order valence-corrected chi connectivity index (χ0v) is 9.43. The molecule has 5 N–H and O–H groups in total. The second kappa shape index (κ2) is 5.72. The Bertz CT molecular complexity index is 325. The number of nitrogens with two attached hydrogens (primary N) is 1. The maximum atomic E-state index is 8.88. The SMILES string of the molecule is CN(C)c1ccc(N)cc1.O=P(O)(O)O. The molecule has 0 aliphatic heterocycles. The summed E-state index contributed by atoms with van der Waals surface area (Å²) >= 11 is 0. The van der Waals surface area contributed by atoms with Gasteiger partial charge in [-0.15, -0.1) is 0 Å². The van der Waals surface area contributed by atoms with Gasteiger partial charge >= 0.3 is 7.82 Å². The zero-order valence-electron chi connectivity index (χ0n) is 8.53. The van der Waals surface area contributed by atoms with Gasteiger partial charge in [-0.05, 0) is 24.3 Å². The van der Waals surface area contributed by atoms with E-state index in [4.69, 9.17) is 25.0 Å². The summed E-state index contributed by atoms with van der Waals surface area (Å²) < 4.78 is 8.88. The molecular weight excluding hydrogens is 219 g/mol. The Kier molecular flexibility index (Phi) is 5.32. The van der Waals surface area contributed by atoms with Crippen LogP contribution in [0.15, 0.2) is 24.3 Å². The maximum absolute atomic E-state index is 8.88. The molecule has 0 heterocycles. The summed E-state index contributed by atoms with van der Waals surface area (Å²) in [5.41, 5.74) is 7.49. The summed E-state index contributed by atoms with van der Waals surface area (Å²) in [5, 5.41) is 0. The molecule has 0 saturated carbocycles. The van der Waals surface area contributed by atoms with Crippen LogP contribution in [0.25, 0.3) is 0 Å². The van der Waals surface area contributed by atoms with Crippen molar-refractivity contribution in [2.24, 2.45) is 0 Å². The van der Waals surface area contributed by atoms with Crippen LogP contribution in [0.1, 0.15) is 0 Å². The number of nitrogen functional groups attached to an aromatic ring is 1. The lowest BCUT2D eigenvalue weighted by Gasteiger charge is -2.11. The molecule has 0 aromatic heterocycles. The van der Waals surface area contributed by atoms with Crippen molar-refractivity contribution in [2.75, 3.05) is 24.7 Å². The van der Waals surface area contributed by atoms with Crippen molar-refractivity contribution in [3.63, 3.8) is 0 Å². The molecule has 1 aromatic rings. The third kappa shape index (κ3) is 9.24. The molecule has 0 aliphatic carbocycles. The first-order valence-electron chi connectivity index (χ1n) is 4.01. The topological polar surface area (TPSA) is 107 Å². The first-order chi connectivity index (χ1) is 6.70. The van der Waals surface area contributed by atoms with Crippen molar-refractivity contribution in [3.8, 4) is 0 Å². The van der Waals surface area contributed by atoms with Gasteiger partial charge in [-0.1, -0.05) is 0 Å². The molecule has 86 valence electrons. The molecule has 7 heteroatoms. The molecule has 0 radical (unpaired) electrons. The summed E-state index contributed by atoms with van der Waals surface area (Å²) in [6, 6.07) is 7.79. The van der Waals surface area contributed by atoms with Crippen LogP contribution >= 0.6 is 7.82 Å². The average molecular weight is 234 g/mol. The molecule has 1 aromatic carbocycles. The zero-order chi connectivity index (χ0) is 12.1. The minimum absolute atomic E-state index is 0.811. The van der Waals surface area contributed by atoms with E-state index in [1.54, 1.807) is 0 Å². The highest BCUT2D eigenvalue weighted by molar-refractivity contribution is 7.45. The summed E-state index contributed by atoms with van der Waals surface area (Å²) in [5.74, 6) is 0. The van der Waals surface area contributed by atoms with Gasteiger partial charge in [0.2, 0.25) is 0 Å². The monoisotopic (exact) mass is 234 g/mol. The standard InChI is InChI=1S/C8H12N2.H3O4P/c1-10(2)8-5-3-7(9)4-6-8;1-5(2,3)4/h3-6H,9H2,1-2H3;(H3,1,2,3,4). The summed E-state index contributed by atoms with van der Waals surface area (Å²) in [7, 11) is -0.628. The van der Waals surface area contributed by atoms with Crippen LogP contribution in [0, 0.1) is 0 Å². The van der Waals surface area contributed by atoms with Crippen LogP contribution in [0.2, 0.25) is 0 Å². The van der Waals surface area contributed by atoms with Gasteiger partial charge in [0.15, 0.2) is 0 Å². The van der Waals surface area contributed by atoms with E-state index in [0.717, 1.165) is 5.69 Å². The Labute approximate surface area is 88.2 Å². The normalized spacial score (nSPS) is 10.2. The first kappa shape index (κ1) is 13.9. The predicted octanol–water partition coefficient (Wildman–Crippen LogP) is 0.406. The van der Waals surface area contributed by atoms with Gasteiger partial charge in [0.1, 0.15) is 0 Å². The Hall–Kier alpha value is -1.07. The lowest BCUT2D eigenvalue weighted by atomic mass is 10.3. The summed E-state index contributed by atoms with van der Waals surface area (Å²) in [6.07, 6.45) is 0. The minimum Gasteiger partial charge on any atom is -0.399 e. The van der Waals surface area contributed by atoms with Crippen LogP contribution in [-0.4, -0.2) is 28.8 Å². The smallest absolute Gasteiger partial charge is 0.399 e. The minimum atomic E-state index is -4.64. The van der Waals surface area contributed by atoms with Gasteiger partial charge in [-0.25, -0.2) is 4.57 Å². The summed E-state index contributed by atoms with van der Waals surface area (Å²) in [4.78, 5) is 23.6. The van der Waals surface area contributed by atoms with E-state index in [-0.39, 0.29) is 0 Å². The molecule has 0 unspecified atom stereocenters. The van der Waals surface area contributed by atoms with Gasteiger partial charge < -0.3 is 25.3 Å².